The van der Waals surface area contributed by atoms with Crippen LogP contribution in [-0.2, 0) is 15.8 Å². The van der Waals surface area contributed by atoms with Gasteiger partial charge in [-0.15, -0.1) is 11.3 Å². The number of thiophene rings is 1. The number of carbonyl (C=O) groups is 2. The van der Waals surface area contributed by atoms with E-state index in [1.165, 1.54) is 11.3 Å². The highest BCUT2D eigenvalue weighted by atomic mass is 32.1. The maximum Gasteiger partial charge on any atom is 0.194 e. The summed E-state index contributed by atoms with van der Waals surface area (Å²) in [5, 5.41) is 14.0. The lowest BCUT2D eigenvalue weighted by atomic mass is 9.54. The van der Waals surface area contributed by atoms with Gasteiger partial charge in [0.05, 0.1) is 10.8 Å². The van der Waals surface area contributed by atoms with Crippen LogP contribution in [0.2, 0.25) is 0 Å². The Kier molecular flexibility index (Phi) is 4.41. The zero-order valence-corrected chi connectivity index (χ0v) is 17.8. The fraction of sp³-hybridized carbons (Fsp3) is 0.280. The number of aliphatic hydroxyl groups is 1. The summed E-state index contributed by atoms with van der Waals surface area (Å²) in [6, 6.07) is 18.3. The summed E-state index contributed by atoms with van der Waals surface area (Å²) in [6.07, 6.45) is 0. The van der Waals surface area contributed by atoms with E-state index < -0.39 is 16.4 Å². The summed E-state index contributed by atoms with van der Waals surface area (Å²) in [4.78, 5) is 27.7. The van der Waals surface area contributed by atoms with Gasteiger partial charge in [-0.3, -0.25) is 9.59 Å². The van der Waals surface area contributed by atoms with Gasteiger partial charge in [0, 0.05) is 26.9 Å². The molecule has 4 heteroatoms. The Morgan fingerprint density at radius 2 is 1.45 bits per heavy atom. The lowest BCUT2D eigenvalue weighted by Gasteiger charge is -2.50. The molecular formula is C25H24O3S. The number of ketones is 2. The molecule has 0 aliphatic heterocycles. The molecule has 0 fully saturated rings. The van der Waals surface area contributed by atoms with Crippen molar-refractivity contribution in [2.45, 2.75) is 38.7 Å². The maximum atomic E-state index is 13.5. The topological polar surface area (TPSA) is 54.4 Å². The molecule has 1 aliphatic carbocycles. The second-order valence-electron chi connectivity index (χ2n) is 8.70. The van der Waals surface area contributed by atoms with Crippen molar-refractivity contribution in [3.05, 3.63) is 93.2 Å². The van der Waals surface area contributed by atoms with E-state index in [1.807, 2.05) is 62.4 Å². The van der Waals surface area contributed by atoms with E-state index in [1.54, 1.807) is 31.4 Å². The number of Topliss-reactive ketones (excluding diaryl/α,β-unsaturated/α-hetero) is 1. The third-order valence-electron chi connectivity index (χ3n) is 6.23. The van der Waals surface area contributed by atoms with Crippen LogP contribution in [0.25, 0.3) is 0 Å². The zero-order chi connectivity index (χ0) is 21.0. The van der Waals surface area contributed by atoms with E-state index in [-0.39, 0.29) is 11.6 Å². The molecule has 0 radical (unpaired) electrons. The van der Waals surface area contributed by atoms with E-state index in [9.17, 15) is 14.7 Å². The van der Waals surface area contributed by atoms with Crippen molar-refractivity contribution in [1.82, 2.24) is 0 Å². The quantitative estimate of drug-likeness (QED) is 0.618. The highest BCUT2D eigenvalue weighted by Crippen LogP contribution is 2.58. The van der Waals surface area contributed by atoms with Crippen molar-refractivity contribution in [3.63, 3.8) is 0 Å². The fourth-order valence-electron chi connectivity index (χ4n) is 4.63. The third kappa shape index (κ3) is 2.59. The van der Waals surface area contributed by atoms with Gasteiger partial charge in [-0.1, -0.05) is 60.7 Å². The van der Waals surface area contributed by atoms with E-state index in [0.717, 1.165) is 4.88 Å². The van der Waals surface area contributed by atoms with Crippen molar-refractivity contribution >= 4 is 22.9 Å². The Bertz CT molecular complexity index is 1090. The highest BCUT2D eigenvalue weighted by Gasteiger charge is 2.62. The SMILES string of the molecule is CC1(C)C(=O)C(C)(C)C(O)(c2ccccc2)c2c(C(=O)c3ccccc3)csc21. The van der Waals surface area contributed by atoms with Gasteiger partial charge in [0.15, 0.2) is 11.6 Å². The molecule has 4 rings (SSSR count). The van der Waals surface area contributed by atoms with Crippen LogP contribution >= 0.6 is 11.3 Å². The van der Waals surface area contributed by atoms with Gasteiger partial charge in [0.1, 0.15) is 5.60 Å². The van der Waals surface area contributed by atoms with Crippen LogP contribution in [0.4, 0.5) is 0 Å². The van der Waals surface area contributed by atoms with E-state index in [2.05, 4.69) is 0 Å². The van der Waals surface area contributed by atoms with Crippen LogP contribution in [0.1, 0.15) is 59.6 Å². The average Bonchev–Trinajstić information content (AvgIpc) is 3.19. The van der Waals surface area contributed by atoms with Gasteiger partial charge in [-0.05, 0) is 33.3 Å². The van der Waals surface area contributed by atoms with Gasteiger partial charge in [-0.25, -0.2) is 0 Å². The van der Waals surface area contributed by atoms with Gasteiger partial charge < -0.3 is 5.11 Å². The minimum Gasteiger partial charge on any atom is -0.379 e. The molecule has 3 aromatic rings. The molecule has 1 atom stereocenters. The van der Waals surface area contributed by atoms with Crippen LogP contribution in [0.5, 0.6) is 0 Å². The summed E-state index contributed by atoms with van der Waals surface area (Å²) in [6.45, 7) is 7.32. The molecule has 1 unspecified atom stereocenters. The summed E-state index contributed by atoms with van der Waals surface area (Å²) >= 11 is 1.38. The van der Waals surface area contributed by atoms with Crippen LogP contribution in [0.3, 0.4) is 0 Å². The minimum atomic E-state index is -1.60. The Balaban J connectivity index is 2.06. The van der Waals surface area contributed by atoms with Gasteiger partial charge >= 0.3 is 0 Å². The molecule has 29 heavy (non-hydrogen) atoms. The number of fused-ring (bicyclic) bond motifs is 1. The number of hydrogen-bond acceptors (Lipinski definition) is 4. The van der Waals surface area contributed by atoms with Crippen LogP contribution in [0, 0.1) is 5.41 Å². The molecule has 0 amide bonds. The maximum absolute atomic E-state index is 13.5. The monoisotopic (exact) mass is 404 g/mol. The minimum absolute atomic E-state index is 0.0376. The zero-order valence-electron chi connectivity index (χ0n) is 17.0. The summed E-state index contributed by atoms with van der Waals surface area (Å²) in [5.41, 5.74) is -1.28. The van der Waals surface area contributed by atoms with Crippen LogP contribution < -0.4 is 0 Å². The van der Waals surface area contributed by atoms with Crippen molar-refractivity contribution in [2.75, 3.05) is 0 Å². The second kappa shape index (κ2) is 6.48. The van der Waals surface area contributed by atoms with Crippen LogP contribution in [0.15, 0.2) is 66.0 Å². The number of hydrogen-bond donors (Lipinski definition) is 1. The normalized spacial score (nSPS) is 22.2. The van der Waals surface area contributed by atoms with Gasteiger partial charge in [0.2, 0.25) is 0 Å². The Morgan fingerprint density at radius 1 is 0.897 bits per heavy atom. The molecule has 0 saturated carbocycles. The first-order valence-electron chi connectivity index (χ1n) is 9.68. The Morgan fingerprint density at radius 3 is 2.03 bits per heavy atom. The molecule has 2 aromatic carbocycles. The average molecular weight is 405 g/mol. The molecule has 0 saturated heterocycles. The Labute approximate surface area is 175 Å². The first kappa shape index (κ1) is 19.7. The van der Waals surface area contributed by atoms with Gasteiger partial charge in [0.25, 0.3) is 0 Å². The van der Waals surface area contributed by atoms with Crippen molar-refractivity contribution in [3.8, 4) is 0 Å². The third-order valence-corrected chi connectivity index (χ3v) is 7.54. The molecule has 1 N–H and O–H groups in total. The lowest BCUT2D eigenvalue weighted by Crippen LogP contribution is -2.58. The first-order chi connectivity index (χ1) is 13.6. The summed E-state index contributed by atoms with van der Waals surface area (Å²) in [7, 11) is 0. The lowest BCUT2D eigenvalue weighted by molar-refractivity contribution is -0.148. The van der Waals surface area contributed by atoms with E-state index in [0.29, 0.717) is 22.3 Å². The standard InChI is InChI=1S/C25H24O3S/c1-23(2)21-19(18(15-29-21)20(26)16-11-7-5-8-12-16)25(28,24(3,4)22(23)27)17-13-9-6-10-14-17/h5-15,28H,1-4H3. The molecule has 1 heterocycles. The molecule has 1 aliphatic rings. The molecule has 1 aromatic heterocycles. The number of rotatable bonds is 3. The predicted octanol–water partition coefficient (Wildman–Crippen LogP) is 5.10. The molecule has 0 bridgehead atoms. The smallest absolute Gasteiger partial charge is 0.194 e. The largest absolute Gasteiger partial charge is 0.379 e. The number of carbonyl (C=O) groups excluding carboxylic acids is 2. The second-order valence-corrected chi connectivity index (χ2v) is 9.58. The van der Waals surface area contributed by atoms with E-state index in [4.69, 9.17) is 0 Å². The molecular weight excluding hydrogens is 380 g/mol. The Hall–Kier alpha value is -2.56. The first-order valence-corrected chi connectivity index (χ1v) is 10.6. The summed E-state index contributed by atoms with van der Waals surface area (Å²) in [5.74, 6) is -0.178. The van der Waals surface area contributed by atoms with Gasteiger partial charge in [-0.2, -0.15) is 0 Å². The number of benzene rings is 2. The highest BCUT2D eigenvalue weighted by molar-refractivity contribution is 7.11. The predicted molar refractivity (Wildman–Crippen MR) is 115 cm³/mol. The van der Waals surface area contributed by atoms with Crippen LogP contribution in [-0.4, -0.2) is 16.7 Å². The van der Waals surface area contributed by atoms with E-state index >= 15 is 0 Å². The van der Waals surface area contributed by atoms with Crippen molar-refractivity contribution < 1.29 is 14.7 Å². The molecule has 0 spiro atoms. The molecule has 148 valence electrons. The van der Waals surface area contributed by atoms with Crippen molar-refractivity contribution in [1.29, 1.82) is 0 Å². The molecule has 3 nitrogen and oxygen atoms in total. The fourth-order valence-corrected chi connectivity index (χ4v) is 5.86. The summed E-state index contributed by atoms with van der Waals surface area (Å²) < 4.78 is 0. The van der Waals surface area contributed by atoms with Crippen molar-refractivity contribution in [2.24, 2.45) is 5.41 Å².